The summed E-state index contributed by atoms with van der Waals surface area (Å²) in [4.78, 5) is 23.7. The average molecular weight is 261 g/mol. The number of carboxylic acids is 1. The fourth-order valence-electron chi connectivity index (χ4n) is 2.35. The van der Waals surface area contributed by atoms with E-state index in [0.717, 1.165) is 16.8 Å². The van der Waals surface area contributed by atoms with E-state index in [0.29, 0.717) is 11.3 Å². The molecule has 0 radical (unpaired) electrons. The second kappa shape index (κ2) is 4.19. The van der Waals surface area contributed by atoms with E-state index in [1.165, 1.54) is 4.40 Å². The molecular weight excluding hydrogens is 244 g/mol. The predicted octanol–water partition coefficient (Wildman–Crippen LogP) is 1.06. The molecule has 0 bridgehead atoms. The highest BCUT2D eigenvalue weighted by Gasteiger charge is 2.26. The van der Waals surface area contributed by atoms with Gasteiger partial charge in [0.15, 0.2) is 5.56 Å². The Morgan fingerprint density at radius 2 is 1.84 bits per heavy atom. The Labute approximate surface area is 110 Å². The van der Waals surface area contributed by atoms with Crippen molar-refractivity contribution in [1.29, 1.82) is 0 Å². The molecule has 0 spiro atoms. The quantitative estimate of drug-likeness (QED) is 0.781. The summed E-state index contributed by atoms with van der Waals surface area (Å²) in [5.74, 6) is -1.19. The molecule has 5 nitrogen and oxygen atoms in total. The normalized spacial score (nSPS) is 11.0. The fraction of sp³-hybridized carbons (Fsp3) is 0.357. The maximum Gasteiger partial charge on any atom is 0.357 e. The van der Waals surface area contributed by atoms with Crippen molar-refractivity contribution in [3.05, 3.63) is 44.5 Å². The summed E-state index contributed by atoms with van der Waals surface area (Å²) in [6.07, 6.45) is 0. The first-order valence-electron chi connectivity index (χ1n) is 6.02. The average Bonchev–Trinajstić information content (AvgIpc) is 2.32. The van der Waals surface area contributed by atoms with E-state index in [-0.39, 0.29) is 5.56 Å². The lowest BCUT2D eigenvalue weighted by atomic mass is 10.1. The van der Waals surface area contributed by atoms with Crippen LogP contribution < -0.4 is 10.1 Å². The molecule has 0 saturated heterocycles. The molecule has 0 fully saturated rings. The van der Waals surface area contributed by atoms with Gasteiger partial charge in [0.1, 0.15) is 11.4 Å². The zero-order valence-corrected chi connectivity index (χ0v) is 11.7. The highest BCUT2D eigenvalue weighted by atomic mass is 16.4. The smallest absolute Gasteiger partial charge is 0.357 e. The van der Waals surface area contributed by atoms with Crippen LogP contribution in [0.1, 0.15) is 32.9 Å². The molecule has 19 heavy (non-hydrogen) atoms. The van der Waals surface area contributed by atoms with E-state index in [4.69, 9.17) is 0 Å². The third-order valence-corrected chi connectivity index (χ3v) is 3.88. The van der Waals surface area contributed by atoms with E-state index >= 15 is 0 Å². The van der Waals surface area contributed by atoms with Gasteiger partial charge in [-0.05, 0) is 38.8 Å². The summed E-state index contributed by atoms with van der Waals surface area (Å²) in [5.41, 5.74) is 3.36. The van der Waals surface area contributed by atoms with Crippen molar-refractivity contribution in [3.63, 3.8) is 0 Å². The van der Waals surface area contributed by atoms with Crippen molar-refractivity contribution < 1.29 is 14.5 Å². The number of hydrogen-bond acceptors (Lipinski definition) is 2. The zero-order valence-electron chi connectivity index (χ0n) is 11.7. The Hall–Kier alpha value is -2.17. The van der Waals surface area contributed by atoms with Crippen molar-refractivity contribution in [2.24, 2.45) is 7.05 Å². The first-order valence-corrected chi connectivity index (χ1v) is 6.02. The topological polar surface area (TPSA) is 62.7 Å². The SMILES string of the molecule is Cc1cc2n(c(C)c1C)c(=O)c(C(=O)O)c(C)[n+]2C. The number of aromatic carboxylic acids is 1. The Kier molecular flexibility index (Phi) is 2.92. The van der Waals surface area contributed by atoms with Crippen LogP contribution >= 0.6 is 0 Å². The molecule has 0 aliphatic carbocycles. The minimum absolute atomic E-state index is 0.175. The molecule has 100 valence electrons. The van der Waals surface area contributed by atoms with Gasteiger partial charge in [0.2, 0.25) is 0 Å². The second-order valence-corrected chi connectivity index (χ2v) is 4.86. The first-order chi connectivity index (χ1) is 8.77. The van der Waals surface area contributed by atoms with Gasteiger partial charge in [0.25, 0.3) is 5.65 Å². The van der Waals surface area contributed by atoms with Crippen molar-refractivity contribution in [2.75, 3.05) is 0 Å². The molecule has 2 aromatic rings. The van der Waals surface area contributed by atoms with Crippen LogP contribution in [0.3, 0.4) is 0 Å². The molecule has 2 rings (SSSR count). The lowest BCUT2D eigenvalue weighted by molar-refractivity contribution is -0.655. The van der Waals surface area contributed by atoms with Crippen molar-refractivity contribution in [2.45, 2.75) is 27.7 Å². The summed E-state index contributed by atoms with van der Waals surface area (Å²) in [7, 11) is 1.77. The Bertz CT molecular complexity index is 773. The summed E-state index contributed by atoms with van der Waals surface area (Å²) >= 11 is 0. The molecule has 2 heterocycles. The van der Waals surface area contributed by atoms with Crippen LogP contribution in [0.2, 0.25) is 0 Å². The van der Waals surface area contributed by atoms with E-state index in [2.05, 4.69) is 0 Å². The number of nitrogens with zero attached hydrogens (tertiary/aromatic N) is 2. The third kappa shape index (κ3) is 1.73. The molecule has 0 aliphatic rings. The van der Waals surface area contributed by atoms with Crippen LogP contribution in [-0.2, 0) is 7.05 Å². The molecule has 0 unspecified atom stereocenters. The summed E-state index contributed by atoms with van der Waals surface area (Å²) in [5, 5.41) is 9.22. The lowest BCUT2D eigenvalue weighted by Crippen LogP contribution is -2.43. The highest BCUT2D eigenvalue weighted by molar-refractivity contribution is 5.88. The van der Waals surface area contributed by atoms with Gasteiger partial charge >= 0.3 is 11.5 Å². The molecule has 0 aromatic carbocycles. The number of fused-ring (bicyclic) bond motifs is 1. The standard InChI is InChI=1S/C14H16N2O3/c1-7-6-11-15(5)10(4)12(14(18)19)13(17)16(11)9(3)8(7)2/h6H,1-5H3/p+1. The van der Waals surface area contributed by atoms with Gasteiger partial charge in [-0.3, -0.25) is 0 Å². The molecular formula is C14H17N2O3+. The number of aryl methyl sites for hydroxylation is 3. The van der Waals surface area contributed by atoms with Gasteiger partial charge in [0, 0.05) is 6.07 Å². The van der Waals surface area contributed by atoms with Crippen LogP contribution in [0.25, 0.3) is 5.65 Å². The number of rotatable bonds is 1. The molecule has 0 aliphatic heterocycles. The molecule has 1 N–H and O–H groups in total. The van der Waals surface area contributed by atoms with Gasteiger partial charge in [-0.1, -0.05) is 0 Å². The predicted molar refractivity (Wildman–Crippen MR) is 70.8 cm³/mol. The Morgan fingerprint density at radius 1 is 1.26 bits per heavy atom. The Balaban J connectivity index is 3.18. The largest absolute Gasteiger partial charge is 0.477 e. The number of carboxylic acid groups (broad SMARTS) is 1. The Morgan fingerprint density at radius 3 is 2.37 bits per heavy atom. The number of hydrogen-bond donors (Lipinski definition) is 1. The van der Waals surface area contributed by atoms with Gasteiger partial charge in [-0.15, -0.1) is 0 Å². The highest BCUT2D eigenvalue weighted by Crippen LogP contribution is 2.14. The van der Waals surface area contributed by atoms with Gasteiger partial charge < -0.3 is 5.11 Å². The van der Waals surface area contributed by atoms with Crippen LogP contribution in [0.5, 0.6) is 0 Å². The number of carbonyl (C=O) groups is 1. The first kappa shape index (κ1) is 13.3. The zero-order chi connectivity index (χ0) is 14.5. The minimum Gasteiger partial charge on any atom is -0.477 e. The van der Waals surface area contributed by atoms with Crippen LogP contribution in [-0.4, -0.2) is 15.5 Å². The van der Waals surface area contributed by atoms with Crippen molar-refractivity contribution in [1.82, 2.24) is 4.40 Å². The van der Waals surface area contributed by atoms with E-state index in [1.54, 1.807) is 18.5 Å². The van der Waals surface area contributed by atoms with E-state index in [9.17, 15) is 14.7 Å². The third-order valence-electron chi connectivity index (χ3n) is 3.88. The molecule has 5 heteroatoms. The number of aromatic nitrogens is 2. The van der Waals surface area contributed by atoms with Gasteiger partial charge in [-0.2, -0.15) is 4.40 Å². The lowest BCUT2D eigenvalue weighted by Gasteiger charge is -2.10. The molecule has 0 saturated carbocycles. The number of pyridine rings is 1. The minimum atomic E-state index is -1.19. The second-order valence-electron chi connectivity index (χ2n) is 4.86. The molecule has 0 atom stereocenters. The van der Waals surface area contributed by atoms with Crippen LogP contribution in [0.4, 0.5) is 0 Å². The summed E-state index contributed by atoms with van der Waals surface area (Å²) in [6, 6.07) is 1.91. The molecule has 2 aromatic heterocycles. The maximum atomic E-state index is 12.4. The fourth-order valence-corrected chi connectivity index (χ4v) is 2.35. The summed E-state index contributed by atoms with van der Waals surface area (Å²) in [6.45, 7) is 7.39. The maximum absolute atomic E-state index is 12.4. The monoisotopic (exact) mass is 261 g/mol. The van der Waals surface area contributed by atoms with Crippen LogP contribution in [0, 0.1) is 27.7 Å². The summed E-state index contributed by atoms with van der Waals surface area (Å²) < 4.78 is 3.21. The molecule has 0 amide bonds. The van der Waals surface area contributed by atoms with E-state index < -0.39 is 11.5 Å². The van der Waals surface area contributed by atoms with Crippen LogP contribution in [0.15, 0.2) is 10.9 Å². The van der Waals surface area contributed by atoms with Gasteiger partial charge in [-0.25, -0.2) is 14.2 Å². The van der Waals surface area contributed by atoms with E-state index in [1.807, 2.05) is 26.8 Å². The van der Waals surface area contributed by atoms with Gasteiger partial charge in [0.05, 0.1) is 7.05 Å². The van der Waals surface area contributed by atoms with Crippen molar-refractivity contribution >= 4 is 11.6 Å². The van der Waals surface area contributed by atoms with Crippen molar-refractivity contribution in [3.8, 4) is 0 Å².